The van der Waals surface area contributed by atoms with Crippen LogP contribution in [0, 0.1) is 6.92 Å². The van der Waals surface area contributed by atoms with Gasteiger partial charge in [0.1, 0.15) is 5.75 Å². The molecule has 4 heteroatoms. The minimum Gasteiger partial charge on any atom is -1.00 e. The molecule has 0 unspecified atom stereocenters. The first-order chi connectivity index (χ1) is 10.7. The molecule has 0 saturated carbocycles. The van der Waals surface area contributed by atoms with Crippen molar-refractivity contribution in [1.29, 1.82) is 0 Å². The van der Waals surface area contributed by atoms with E-state index in [9.17, 15) is 5.11 Å². The predicted octanol–water partition coefficient (Wildman–Crippen LogP) is 1.49. The summed E-state index contributed by atoms with van der Waals surface area (Å²) in [6, 6.07) is 13.7. The third-order valence-electron chi connectivity index (χ3n) is 4.28. The summed E-state index contributed by atoms with van der Waals surface area (Å²) in [5.74, 6) is 0.274. The Bertz CT molecular complexity index is 877. The Kier molecular flexibility index (Phi) is 4.14. The molecule has 2 N–H and O–H groups in total. The van der Waals surface area contributed by atoms with Crippen molar-refractivity contribution in [2.45, 2.75) is 26.2 Å². The van der Waals surface area contributed by atoms with Gasteiger partial charge in [-0.1, -0.05) is 17.7 Å². The lowest BCUT2D eigenvalue weighted by atomic mass is 10.0. The van der Waals surface area contributed by atoms with Crippen LogP contribution in [0.2, 0.25) is 0 Å². The zero-order chi connectivity index (χ0) is 15.1. The van der Waals surface area contributed by atoms with Crippen LogP contribution in [0.3, 0.4) is 0 Å². The zero-order valence-corrected chi connectivity index (χ0v) is 13.7. The monoisotopic (exact) mass is 325 g/mol. The van der Waals surface area contributed by atoms with Crippen molar-refractivity contribution in [2.75, 3.05) is 5.32 Å². The highest BCUT2D eigenvalue weighted by Crippen LogP contribution is 2.36. The van der Waals surface area contributed by atoms with Crippen LogP contribution < -0.4 is 17.7 Å². The lowest BCUT2D eigenvalue weighted by Crippen LogP contribution is -3.00. The first kappa shape index (κ1) is 15.6. The number of nitrogens with zero attached hydrogens (tertiary/aromatic N) is 1. The summed E-state index contributed by atoms with van der Waals surface area (Å²) < 4.78 is 0. The van der Waals surface area contributed by atoms with Crippen LogP contribution in [-0.2, 0) is 12.8 Å². The minimum atomic E-state index is 0. The van der Waals surface area contributed by atoms with E-state index in [1.165, 1.54) is 16.8 Å². The van der Waals surface area contributed by atoms with Gasteiger partial charge in [0.25, 0.3) is 0 Å². The van der Waals surface area contributed by atoms with Gasteiger partial charge in [-0.3, -0.25) is 4.98 Å². The number of anilines is 2. The molecule has 1 aliphatic carbocycles. The van der Waals surface area contributed by atoms with Crippen molar-refractivity contribution in [3.8, 4) is 5.75 Å². The third-order valence-corrected chi connectivity index (χ3v) is 4.28. The Labute approximate surface area is 141 Å². The van der Waals surface area contributed by atoms with Crippen LogP contribution in [0.4, 0.5) is 11.4 Å². The summed E-state index contributed by atoms with van der Waals surface area (Å²) in [7, 11) is 0. The average molecular weight is 326 g/mol. The first-order valence-electron chi connectivity index (χ1n) is 7.69. The Hall–Kier alpha value is -2.26. The maximum atomic E-state index is 9.69. The van der Waals surface area contributed by atoms with E-state index >= 15 is 0 Å². The second-order valence-electron chi connectivity index (χ2n) is 5.96. The summed E-state index contributed by atoms with van der Waals surface area (Å²) in [5, 5.41) is 14.4. The van der Waals surface area contributed by atoms with E-state index in [0.717, 1.165) is 41.5 Å². The molecule has 23 heavy (non-hydrogen) atoms. The maximum absolute atomic E-state index is 9.69. The standard InChI is InChI=1S/C19H18N2O.ClH/c1-12-8-9-18-16(10-12)19(15-6-3-7-17(15)21-18)20-13-4-2-5-14(22)11-13;/h2,4-5,8-11,22H,3,6-7H2,1H3,(H,20,21);1H/p-1. The Morgan fingerprint density at radius 3 is 2.78 bits per heavy atom. The molecule has 0 saturated heterocycles. The summed E-state index contributed by atoms with van der Waals surface area (Å²) in [6.07, 6.45) is 3.27. The van der Waals surface area contributed by atoms with E-state index in [-0.39, 0.29) is 18.2 Å². The number of fused-ring (bicyclic) bond motifs is 2. The number of aromatic nitrogens is 1. The molecular formula is C19H18ClN2O-. The molecule has 0 spiro atoms. The number of phenols is 1. The molecule has 1 aromatic heterocycles. The average Bonchev–Trinajstić information content (AvgIpc) is 2.96. The number of benzene rings is 2. The summed E-state index contributed by atoms with van der Waals surface area (Å²) in [4.78, 5) is 4.83. The third kappa shape index (κ3) is 2.84. The van der Waals surface area contributed by atoms with Gasteiger partial charge in [-0.15, -0.1) is 0 Å². The van der Waals surface area contributed by atoms with Crippen LogP contribution in [0.5, 0.6) is 5.75 Å². The molecule has 2 aromatic carbocycles. The van der Waals surface area contributed by atoms with Crippen molar-refractivity contribution in [1.82, 2.24) is 4.98 Å². The van der Waals surface area contributed by atoms with Gasteiger partial charge >= 0.3 is 0 Å². The minimum absolute atomic E-state index is 0. The van der Waals surface area contributed by atoms with Gasteiger partial charge in [-0.05, 0) is 56.0 Å². The van der Waals surface area contributed by atoms with Crippen molar-refractivity contribution in [2.24, 2.45) is 0 Å². The predicted molar refractivity (Wildman–Crippen MR) is 89.9 cm³/mol. The van der Waals surface area contributed by atoms with Crippen molar-refractivity contribution in [3.63, 3.8) is 0 Å². The molecule has 1 heterocycles. The van der Waals surface area contributed by atoms with Crippen LogP contribution in [0.1, 0.15) is 23.2 Å². The topological polar surface area (TPSA) is 45.2 Å². The number of hydrogen-bond acceptors (Lipinski definition) is 3. The van der Waals surface area contributed by atoms with Crippen LogP contribution in [0.15, 0.2) is 42.5 Å². The van der Waals surface area contributed by atoms with Crippen molar-refractivity contribution >= 4 is 22.3 Å². The molecular weight excluding hydrogens is 308 g/mol. The SMILES string of the molecule is Cc1ccc2nc3c(c(Nc4cccc(O)c4)c2c1)CCC3.[Cl-]. The van der Waals surface area contributed by atoms with Crippen LogP contribution in [0.25, 0.3) is 10.9 Å². The van der Waals surface area contributed by atoms with Gasteiger partial charge in [-0.25, -0.2) is 0 Å². The second-order valence-corrected chi connectivity index (χ2v) is 5.96. The molecule has 0 radical (unpaired) electrons. The number of hydrogen-bond donors (Lipinski definition) is 2. The molecule has 0 aliphatic heterocycles. The number of nitrogens with one attached hydrogen (secondary N) is 1. The van der Waals surface area contributed by atoms with E-state index in [4.69, 9.17) is 4.98 Å². The van der Waals surface area contributed by atoms with Gasteiger partial charge in [0.2, 0.25) is 0 Å². The summed E-state index contributed by atoms with van der Waals surface area (Å²) in [5.41, 5.74) is 6.84. The highest BCUT2D eigenvalue weighted by atomic mass is 35.5. The van der Waals surface area contributed by atoms with E-state index in [1.807, 2.05) is 12.1 Å². The lowest BCUT2D eigenvalue weighted by Gasteiger charge is -2.15. The van der Waals surface area contributed by atoms with Crippen molar-refractivity contribution in [3.05, 3.63) is 59.3 Å². The fourth-order valence-corrected chi connectivity index (χ4v) is 3.25. The fourth-order valence-electron chi connectivity index (χ4n) is 3.25. The highest BCUT2D eigenvalue weighted by Gasteiger charge is 2.19. The number of pyridine rings is 1. The Morgan fingerprint density at radius 1 is 1.09 bits per heavy atom. The molecule has 3 aromatic rings. The smallest absolute Gasteiger partial charge is 0.117 e. The fraction of sp³-hybridized carbons (Fsp3) is 0.211. The van der Waals surface area contributed by atoms with Crippen LogP contribution in [-0.4, -0.2) is 10.1 Å². The first-order valence-corrected chi connectivity index (χ1v) is 7.69. The number of rotatable bonds is 2. The summed E-state index contributed by atoms with van der Waals surface area (Å²) in [6.45, 7) is 2.10. The van der Waals surface area contributed by atoms with E-state index in [2.05, 4.69) is 30.4 Å². The number of aryl methyl sites for hydroxylation is 2. The molecule has 0 fully saturated rings. The normalized spacial score (nSPS) is 12.7. The molecule has 1 aliphatic rings. The lowest BCUT2D eigenvalue weighted by molar-refractivity contribution is -0.00000554. The van der Waals surface area contributed by atoms with E-state index in [1.54, 1.807) is 12.1 Å². The summed E-state index contributed by atoms with van der Waals surface area (Å²) >= 11 is 0. The van der Waals surface area contributed by atoms with E-state index in [0.29, 0.717) is 0 Å². The Morgan fingerprint density at radius 2 is 1.96 bits per heavy atom. The molecule has 0 atom stereocenters. The zero-order valence-electron chi connectivity index (χ0n) is 12.9. The highest BCUT2D eigenvalue weighted by molar-refractivity contribution is 5.96. The number of halogens is 1. The Balaban J connectivity index is 0.00000156. The molecule has 118 valence electrons. The molecule has 0 amide bonds. The van der Waals surface area contributed by atoms with Crippen molar-refractivity contribution < 1.29 is 17.5 Å². The largest absolute Gasteiger partial charge is 1.00 e. The molecule has 3 nitrogen and oxygen atoms in total. The van der Waals surface area contributed by atoms with Gasteiger partial charge in [0.05, 0.1) is 11.2 Å². The van der Waals surface area contributed by atoms with Gasteiger partial charge in [-0.2, -0.15) is 0 Å². The maximum Gasteiger partial charge on any atom is 0.117 e. The quantitative estimate of drug-likeness (QED) is 0.750. The number of phenolic OH excluding ortho intramolecular Hbond substituents is 1. The second kappa shape index (κ2) is 6.09. The molecule has 0 bridgehead atoms. The molecule has 4 rings (SSSR count). The van der Waals surface area contributed by atoms with Gasteiger partial charge < -0.3 is 22.8 Å². The van der Waals surface area contributed by atoms with Crippen LogP contribution >= 0.6 is 0 Å². The van der Waals surface area contributed by atoms with Gasteiger partial charge in [0.15, 0.2) is 0 Å². The van der Waals surface area contributed by atoms with Gasteiger partial charge in [0, 0.05) is 22.8 Å². The number of aromatic hydroxyl groups is 1. The van der Waals surface area contributed by atoms with E-state index < -0.39 is 0 Å².